The third-order valence-electron chi connectivity index (χ3n) is 4.49. The maximum Gasteiger partial charge on any atom is 0.243 e. The molecule has 26 heavy (non-hydrogen) atoms. The summed E-state index contributed by atoms with van der Waals surface area (Å²) in [5, 5.41) is 3.43. The summed E-state index contributed by atoms with van der Waals surface area (Å²) >= 11 is 5.95. The van der Waals surface area contributed by atoms with Crippen LogP contribution in [0.2, 0.25) is 5.02 Å². The van der Waals surface area contributed by atoms with Gasteiger partial charge < -0.3 is 5.32 Å². The van der Waals surface area contributed by atoms with E-state index in [0.29, 0.717) is 31.0 Å². The van der Waals surface area contributed by atoms with Gasteiger partial charge in [-0.3, -0.25) is 4.79 Å². The van der Waals surface area contributed by atoms with Gasteiger partial charge in [-0.2, -0.15) is 4.31 Å². The summed E-state index contributed by atoms with van der Waals surface area (Å²) in [6.45, 7) is 2.57. The number of aryl methyl sites for hydroxylation is 1. The molecule has 0 radical (unpaired) electrons. The first-order valence-corrected chi connectivity index (χ1v) is 10.3. The van der Waals surface area contributed by atoms with E-state index < -0.39 is 16.1 Å². The van der Waals surface area contributed by atoms with Crippen molar-refractivity contribution in [1.29, 1.82) is 0 Å². The van der Waals surface area contributed by atoms with Gasteiger partial charge in [0, 0.05) is 18.1 Å². The molecular formula is C19H21ClN2O3S. The van der Waals surface area contributed by atoms with Crippen molar-refractivity contribution in [2.24, 2.45) is 0 Å². The average molecular weight is 393 g/mol. The largest absolute Gasteiger partial charge is 0.351 e. The molecule has 7 heteroatoms. The molecule has 0 spiro atoms. The summed E-state index contributed by atoms with van der Waals surface area (Å²) < 4.78 is 27.1. The van der Waals surface area contributed by atoms with Crippen LogP contribution in [0, 0.1) is 6.92 Å². The van der Waals surface area contributed by atoms with Gasteiger partial charge in [-0.1, -0.05) is 41.4 Å². The predicted molar refractivity (Wildman–Crippen MR) is 101 cm³/mol. The zero-order chi connectivity index (χ0) is 18.7. The number of sulfonamides is 1. The van der Waals surface area contributed by atoms with Crippen LogP contribution in [-0.4, -0.2) is 31.2 Å². The molecule has 0 aromatic heterocycles. The van der Waals surface area contributed by atoms with E-state index in [1.165, 1.54) is 4.31 Å². The molecule has 2 aromatic carbocycles. The molecule has 138 valence electrons. The average Bonchev–Trinajstić information content (AvgIpc) is 3.11. The molecule has 1 aliphatic heterocycles. The van der Waals surface area contributed by atoms with Crippen molar-refractivity contribution < 1.29 is 13.2 Å². The lowest BCUT2D eigenvalue weighted by Gasteiger charge is -2.23. The lowest BCUT2D eigenvalue weighted by Crippen LogP contribution is -2.45. The molecule has 2 aromatic rings. The van der Waals surface area contributed by atoms with Gasteiger partial charge >= 0.3 is 0 Å². The van der Waals surface area contributed by atoms with E-state index in [9.17, 15) is 13.2 Å². The maximum absolute atomic E-state index is 12.9. The molecule has 1 saturated heterocycles. The molecule has 1 amide bonds. The Morgan fingerprint density at radius 2 is 1.96 bits per heavy atom. The van der Waals surface area contributed by atoms with Gasteiger partial charge in [0.1, 0.15) is 6.04 Å². The van der Waals surface area contributed by atoms with Crippen LogP contribution < -0.4 is 5.32 Å². The van der Waals surface area contributed by atoms with Crippen LogP contribution in [0.4, 0.5) is 0 Å². The number of halogens is 1. The molecule has 1 atom stereocenters. The van der Waals surface area contributed by atoms with Crippen molar-refractivity contribution in [3.63, 3.8) is 0 Å². The van der Waals surface area contributed by atoms with Crippen LogP contribution in [0.1, 0.15) is 24.0 Å². The molecule has 5 nitrogen and oxygen atoms in total. The van der Waals surface area contributed by atoms with Crippen molar-refractivity contribution in [1.82, 2.24) is 9.62 Å². The molecule has 1 N–H and O–H groups in total. The van der Waals surface area contributed by atoms with Gasteiger partial charge in [-0.25, -0.2) is 8.42 Å². The molecule has 3 rings (SSSR count). The first-order chi connectivity index (χ1) is 12.4. The SMILES string of the molecule is Cc1ccc(S(=O)(=O)N2CCC[C@H]2C(=O)NCc2cccc(Cl)c2)cc1. The number of carbonyl (C=O) groups excluding carboxylic acids is 1. The van der Waals surface area contributed by atoms with Gasteiger partial charge in [-0.05, 0) is 49.6 Å². The standard InChI is InChI=1S/C19H21ClN2O3S/c1-14-7-9-17(10-8-14)26(24,25)22-11-3-6-18(22)19(23)21-13-15-4-2-5-16(20)12-15/h2,4-5,7-10,12,18H,3,6,11,13H2,1H3,(H,21,23)/t18-/m0/s1. The van der Waals surface area contributed by atoms with Gasteiger partial charge in [0.25, 0.3) is 0 Å². The van der Waals surface area contributed by atoms with E-state index in [0.717, 1.165) is 11.1 Å². The van der Waals surface area contributed by atoms with Gasteiger partial charge in [0.05, 0.1) is 4.90 Å². The number of hydrogen-bond acceptors (Lipinski definition) is 3. The fraction of sp³-hybridized carbons (Fsp3) is 0.316. The van der Waals surface area contributed by atoms with E-state index in [1.807, 2.05) is 19.1 Å². The molecule has 0 bridgehead atoms. The minimum Gasteiger partial charge on any atom is -0.351 e. The minimum atomic E-state index is -3.69. The van der Waals surface area contributed by atoms with Crippen molar-refractivity contribution >= 4 is 27.5 Å². The Hall–Kier alpha value is -1.89. The molecule has 0 unspecified atom stereocenters. The van der Waals surface area contributed by atoms with E-state index in [2.05, 4.69) is 5.32 Å². The van der Waals surface area contributed by atoms with E-state index in [1.54, 1.807) is 36.4 Å². The maximum atomic E-state index is 12.9. The third-order valence-corrected chi connectivity index (χ3v) is 6.65. The highest BCUT2D eigenvalue weighted by Gasteiger charge is 2.39. The molecule has 1 fully saturated rings. The second kappa shape index (κ2) is 7.78. The molecule has 1 aliphatic rings. The fourth-order valence-corrected chi connectivity index (χ4v) is 4.96. The Labute approximate surface area is 159 Å². The zero-order valence-electron chi connectivity index (χ0n) is 14.5. The lowest BCUT2D eigenvalue weighted by atomic mass is 10.2. The van der Waals surface area contributed by atoms with Gasteiger partial charge in [0.15, 0.2) is 0 Å². The number of nitrogens with zero attached hydrogens (tertiary/aromatic N) is 1. The summed E-state index contributed by atoms with van der Waals surface area (Å²) in [6, 6.07) is 13.2. The predicted octanol–water partition coefficient (Wildman–Crippen LogP) is 3.12. The van der Waals surface area contributed by atoms with Crippen molar-refractivity contribution in [3.8, 4) is 0 Å². The van der Waals surface area contributed by atoms with Crippen molar-refractivity contribution in [2.75, 3.05) is 6.54 Å². The van der Waals surface area contributed by atoms with Gasteiger partial charge in [-0.15, -0.1) is 0 Å². The summed E-state index contributed by atoms with van der Waals surface area (Å²) in [7, 11) is -3.69. The summed E-state index contributed by atoms with van der Waals surface area (Å²) in [5.74, 6) is -0.279. The molecule has 0 saturated carbocycles. The first kappa shape index (κ1) is 18.9. The highest BCUT2D eigenvalue weighted by Crippen LogP contribution is 2.26. The zero-order valence-corrected chi connectivity index (χ0v) is 16.1. The van der Waals surface area contributed by atoms with Crippen LogP contribution in [-0.2, 0) is 21.4 Å². The van der Waals surface area contributed by atoms with E-state index in [4.69, 9.17) is 11.6 Å². The summed E-state index contributed by atoms with van der Waals surface area (Å²) in [5.41, 5.74) is 1.86. The second-order valence-corrected chi connectivity index (χ2v) is 8.76. The quantitative estimate of drug-likeness (QED) is 0.850. The van der Waals surface area contributed by atoms with Crippen LogP contribution >= 0.6 is 11.6 Å². The van der Waals surface area contributed by atoms with Crippen LogP contribution in [0.25, 0.3) is 0 Å². The highest BCUT2D eigenvalue weighted by atomic mass is 35.5. The van der Waals surface area contributed by atoms with Crippen molar-refractivity contribution in [2.45, 2.75) is 37.2 Å². The Bertz CT molecular complexity index is 897. The number of hydrogen-bond donors (Lipinski definition) is 1. The van der Waals surface area contributed by atoms with Crippen LogP contribution in [0.5, 0.6) is 0 Å². The molecule has 1 heterocycles. The Morgan fingerprint density at radius 3 is 2.65 bits per heavy atom. The number of rotatable bonds is 5. The number of nitrogens with one attached hydrogen (secondary N) is 1. The summed E-state index contributed by atoms with van der Waals surface area (Å²) in [6.07, 6.45) is 1.19. The Balaban J connectivity index is 1.72. The number of amides is 1. The van der Waals surface area contributed by atoms with E-state index >= 15 is 0 Å². The first-order valence-electron chi connectivity index (χ1n) is 8.48. The number of carbonyl (C=O) groups is 1. The monoisotopic (exact) mass is 392 g/mol. The van der Waals surface area contributed by atoms with Gasteiger partial charge in [0.2, 0.25) is 15.9 Å². The highest BCUT2D eigenvalue weighted by molar-refractivity contribution is 7.89. The molecule has 0 aliphatic carbocycles. The number of benzene rings is 2. The van der Waals surface area contributed by atoms with Crippen molar-refractivity contribution in [3.05, 3.63) is 64.7 Å². The second-order valence-electron chi connectivity index (χ2n) is 6.43. The molecular weight excluding hydrogens is 372 g/mol. The summed E-state index contributed by atoms with van der Waals surface area (Å²) in [4.78, 5) is 12.8. The Kier molecular flexibility index (Phi) is 5.65. The van der Waals surface area contributed by atoms with E-state index in [-0.39, 0.29) is 10.8 Å². The Morgan fingerprint density at radius 1 is 1.23 bits per heavy atom. The smallest absolute Gasteiger partial charge is 0.243 e. The van der Waals surface area contributed by atoms with Crippen LogP contribution in [0.3, 0.4) is 0 Å². The third kappa shape index (κ3) is 4.09. The fourth-order valence-electron chi connectivity index (χ4n) is 3.09. The topological polar surface area (TPSA) is 66.5 Å². The minimum absolute atomic E-state index is 0.220. The van der Waals surface area contributed by atoms with Crippen LogP contribution in [0.15, 0.2) is 53.4 Å². The lowest BCUT2D eigenvalue weighted by molar-refractivity contribution is -0.124. The normalized spacial score (nSPS) is 18.0.